The van der Waals surface area contributed by atoms with Crippen LogP contribution in [0.25, 0.3) is 66.1 Å². The number of furan rings is 2. The van der Waals surface area contributed by atoms with E-state index >= 15 is 0 Å². The van der Waals surface area contributed by atoms with Gasteiger partial charge in [0.2, 0.25) is 0 Å². The largest absolute Gasteiger partial charge is 0.456 e. The molecule has 5 nitrogen and oxygen atoms in total. The number of rotatable bonds is 5. The highest BCUT2D eigenvalue weighted by atomic mass is 16.3. The maximum atomic E-state index is 6.51. The van der Waals surface area contributed by atoms with Crippen molar-refractivity contribution in [3.8, 4) is 22.3 Å². The second-order valence-electron chi connectivity index (χ2n) is 12.6. The molecule has 1 unspecified atom stereocenters. The van der Waals surface area contributed by atoms with Gasteiger partial charge >= 0.3 is 0 Å². The highest BCUT2D eigenvalue weighted by molar-refractivity contribution is 6.23. The fraction of sp³-hybridized carbons (Fsp3) is 0.0222. The Bertz CT molecular complexity index is 2770. The lowest BCUT2D eigenvalue weighted by Gasteiger charge is -2.22. The van der Waals surface area contributed by atoms with Gasteiger partial charge in [0.1, 0.15) is 34.0 Å². The van der Waals surface area contributed by atoms with Gasteiger partial charge in [-0.05, 0) is 52.6 Å². The molecule has 2 aromatic heterocycles. The number of para-hydroxylation sites is 1. The molecule has 0 saturated heterocycles. The molecule has 50 heavy (non-hydrogen) atoms. The number of benzene rings is 7. The standard InChI is InChI=1S/C45H29N3O2/c1-3-10-28(11-4-1)29-18-20-30(21-19-29)32-22-25-36-41(26-32)50-39-17-9-15-37(42(36)39)45-47-43(31-12-5-2-6-13-31)46-44(48-45)33-23-24-35-34-14-7-8-16-38(34)49-40(35)27-33/h1-27,44H,(H,46,47,48). The average molecular weight is 644 g/mol. The molecule has 1 aliphatic heterocycles. The van der Waals surface area contributed by atoms with E-state index < -0.39 is 6.17 Å². The quantitative estimate of drug-likeness (QED) is 0.203. The van der Waals surface area contributed by atoms with E-state index in [4.69, 9.17) is 18.8 Å². The first-order valence-corrected chi connectivity index (χ1v) is 16.8. The Morgan fingerprint density at radius 1 is 0.400 bits per heavy atom. The Morgan fingerprint density at radius 2 is 0.980 bits per heavy atom. The number of aliphatic imine (C=N–C) groups is 2. The van der Waals surface area contributed by atoms with Crippen LogP contribution in [0.15, 0.2) is 183 Å². The predicted molar refractivity (Wildman–Crippen MR) is 204 cm³/mol. The first-order chi connectivity index (χ1) is 24.7. The van der Waals surface area contributed by atoms with E-state index in [0.717, 1.165) is 83.4 Å². The van der Waals surface area contributed by atoms with Crippen LogP contribution in [-0.4, -0.2) is 11.7 Å². The molecule has 3 heterocycles. The molecule has 0 fully saturated rings. The van der Waals surface area contributed by atoms with E-state index in [0.29, 0.717) is 0 Å². The maximum Gasteiger partial charge on any atom is 0.169 e. The number of fused-ring (bicyclic) bond motifs is 6. The highest BCUT2D eigenvalue weighted by Gasteiger charge is 2.24. The lowest BCUT2D eigenvalue weighted by Crippen LogP contribution is -2.36. The molecule has 0 bridgehead atoms. The molecular formula is C45H29N3O2. The smallest absolute Gasteiger partial charge is 0.169 e. The van der Waals surface area contributed by atoms with Gasteiger partial charge in [-0.3, -0.25) is 0 Å². The molecule has 1 aliphatic rings. The molecule has 0 amide bonds. The van der Waals surface area contributed by atoms with Gasteiger partial charge in [0.15, 0.2) is 6.17 Å². The van der Waals surface area contributed by atoms with E-state index in [1.807, 2.05) is 54.6 Å². The second-order valence-corrected chi connectivity index (χ2v) is 12.6. The van der Waals surface area contributed by atoms with Crippen molar-refractivity contribution >= 4 is 55.5 Å². The third-order valence-electron chi connectivity index (χ3n) is 9.57. The summed E-state index contributed by atoms with van der Waals surface area (Å²) < 4.78 is 12.8. The van der Waals surface area contributed by atoms with Gasteiger partial charge in [-0.15, -0.1) is 0 Å². The number of amidine groups is 2. The van der Waals surface area contributed by atoms with Gasteiger partial charge in [-0.1, -0.05) is 133 Å². The van der Waals surface area contributed by atoms with Gasteiger partial charge in [0.25, 0.3) is 0 Å². The van der Waals surface area contributed by atoms with E-state index in [9.17, 15) is 0 Å². The number of hydrogen-bond acceptors (Lipinski definition) is 5. The SMILES string of the molecule is c1ccc(C2=NC(c3ccc4c(c3)oc3ccccc34)N=C(c3cccc4oc5cc(-c6ccc(-c7ccccc7)cc6)ccc5c34)N2)cc1. The van der Waals surface area contributed by atoms with Crippen molar-refractivity contribution in [2.75, 3.05) is 0 Å². The fourth-order valence-electron chi connectivity index (χ4n) is 7.07. The summed E-state index contributed by atoms with van der Waals surface area (Å²) in [4.78, 5) is 10.3. The number of nitrogens with one attached hydrogen (secondary N) is 1. The third kappa shape index (κ3) is 4.79. The van der Waals surface area contributed by atoms with Crippen LogP contribution in [0.2, 0.25) is 0 Å². The number of nitrogens with zero attached hydrogens (tertiary/aromatic N) is 2. The average Bonchev–Trinajstić information content (AvgIpc) is 3.76. The van der Waals surface area contributed by atoms with E-state index in [-0.39, 0.29) is 0 Å². The summed E-state index contributed by atoms with van der Waals surface area (Å²) in [7, 11) is 0. The monoisotopic (exact) mass is 643 g/mol. The zero-order valence-electron chi connectivity index (χ0n) is 26.9. The van der Waals surface area contributed by atoms with Crippen LogP contribution in [0.5, 0.6) is 0 Å². The van der Waals surface area contributed by atoms with Crippen molar-refractivity contribution in [3.63, 3.8) is 0 Å². The normalized spacial score (nSPS) is 14.6. The molecule has 5 heteroatoms. The van der Waals surface area contributed by atoms with Crippen LogP contribution < -0.4 is 5.32 Å². The van der Waals surface area contributed by atoms with Crippen LogP contribution >= 0.6 is 0 Å². The predicted octanol–water partition coefficient (Wildman–Crippen LogP) is 11.3. The van der Waals surface area contributed by atoms with E-state index in [1.165, 1.54) is 11.1 Å². The molecule has 7 aromatic carbocycles. The van der Waals surface area contributed by atoms with Crippen LogP contribution in [0.4, 0.5) is 0 Å². The molecule has 1 N–H and O–H groups in total. The summed E-state index contributed by atoms with van der Waals surface area (Å²) in [6.45, 7) is 0. The lowest BCUT2D eigenvalue weighted by molar-refractivity contribution is 0.665. The van der Waals surface area contributed by atoms with Crippen molar-refractivity contribution < 1.29 is 8.83 Å². The van der Waals surface area contributed by atoms with Gasteiger partial charge < -0.3 is 14.2 Å². The summed E-state index contributed by atoms with van der Waals surface area (Å²) in [5, 5.41) is 7.81. The molecule has 0 spiro atoms. The molecule has 1 atom stereocenters. The Balaban J connectivity index is 1.07. The van der Waals surface area contributed by atoms with Crippen molar-refractivity contribution in [1.82, 2.24) is 5.32 Å². The van der Waals surface area contributed by atoms with Crippen LogP contribution in [0, 0.1) is 0 Å². The second kappa shape index (κ2) is 11.5. The van der Waals surface area contributed by atoms with Gasteiger partial charge in [-0.2, -0.15) is 0 Å². The first-order valence-electron chi connectivity index (χ1n) is 16.8. The van der Waals surface area contributed by atoms with Crippen molar-refractivity contribution in [2.45, 2.75) is 6.17 Å². The van der Waals surface area contributed by atoms with E-state index in [1.54, 1.807) is 0 Å². The van der Waals surface area contributed by atoms with Crippen LogP contribution in [0.1, 0.15) is 22.9 Å². The Hall–Kier alpha value is -6.72. The fourth-order valence-corrected chi connectivity index (χ4v) is 7.07. The highest BCUT2D eigenvalue weighted by Crippen LogP contribution is 2.37. The lowest BCUT2D eigenvalue weighted by atomic mass is 9.98. The number of hydrogen-bond donors (Lipinski definition) is 1. The summed E-state index contributed by atoms with van der Waals surface area (Å²) in [6, 6.07) is 56.4. The zero-order valence-corrected chi connectivity index (χ0v) is 26.9. The Kier molecular flexibility index (Phi) is 6.49. The van der Waals surface area contributed by atoms with Crippen molar-refractivity contribution in [2.24, 2.45) is 9.98 Å². The third-order valence-corrected chi connectivity index (χ3v) is 9.57. The van der Waals surface area contributed by atoms with Crippen molar-refractivity contribution in [3.05, 3.63) is 180 Å². The van der Waals surface area contributed by atoms with Crippen LogP contribution in [0.3, 0.4) is 0 Å². The summed E-state index contributed by atoms with van der Waals surface area (Å²) >= 11 is 0. The molecule has 236 valence electrons. The van der Waals surface area contributed by atoms with Gasteiger partial charge in [-0.25, -0.2) is 9.98 Å². The molecular weight excluding hydrogens is 615 g/mol. The van der Waals surface area contributed by atoms with Gasteiger partial charge in [0.05, 0.1) is 0 Å². The summed E-state index contributed by atoms with van der Waals surface area (Å²) in [5.74, 6) is 1.50. The molecule has 0 saturated carbocycles. The summed E-state index contributed by atoms with van der Waals surface area (Å²) in [5.41, 5.74) is 10.9. The minimum atomic E-state index is -0.474. The topological polar surface area (TPSA) is 63.0 Å². The molecule has 0 radical (unpaired) electrons. The minimum absolute atomic E-state index is 0.474. The molecule has 0 aliphatic carbocycles. The molecule has 9 aromatic rings. The zero-order chi connectivity index (χ0) is 33.0. The minimum Gasteiger partial charge on any atom is -0.456 e. The van der Waals surface area contributed by atoms with Crippen LogP contribution in [-0.2, 0) is 0 Å². The first kappa shape index (κ1) is 28.3. The summed E-state index contributed by atoms with van der Waals surface area (Å²) in [6.07, 6.45) is -0.474. The van der Waals surface area contributed by atoms with Gasteiger partial charge in [0, 0.05) is 38.2 Å². The molecule has 10 rings (SSSR count). The Labute approximate surface area is 287 Å². The Morgan fingerprint density at radius 3 is 1.80 bits per heavy atom. The maximum absolute atomic E-state index is 6.51. The van der Waals surface area contributed by atoms with E-state index in [2.05, 4.69) is 115 Å². The van der Waals surface area contributed by atoms with Crippen molar-refractivity contribution in [1.29, 1.82) is 0 Å².